The highest BCUT2D eigenvalue weighted by molar-refractivity contribution is 5.55. The molecule has 8 nitrogen and oxygen atoms in total. The van der Waals surface area contributed by atoms with Crippen LogP contribution in [0.2, 0.25) is 0 Å². The number of nitrogen functional groups attached to an aromatic ring is 1. The zero-order valence-electron chi connectivity index (χ0n) is 13.1. The van der Waals surface area contributed by atoms with Gasteiger partial charge in [-0.25, -0.2) is 9.67 Å². The molecule has 0 saturated carbocycles. The van der Waals surface area contributed by atoms with Crippen LogP contribution in [-0.4, -0.2) is 38.6 Å². The van der Waals surface area contributed by atoms with Crippen LogP contribution in [0.25, 0.3) is 0 Å². The SMILES string of the molecule is CNc1nc(N)nc2c1C(c1ccccc1)OCC2n1ccnn1. The van der Waals surface area contributed by atoms with Crippen molar-refractivity contribution >= 4 is 11.8 Å². The topological polar surface area (TPSA) is 104 Å². The molecule has 0 bridgehead atoms. The molecule has 1 aliphatic heterocycles. The molecule has 8 heteroatoms. The highest BCUT2D eigenvalue weighted by Crippen LogP contribution is 2.40. The minimum absolute atomic E-state index is 0.195. The fourth-order valence-electron chi connectivity index (χ4n) is 3.03. The second-order valence-electron chi connectivity index (χ2n) is 5.50. The number of nitrogens with zero attached hydrogens (tertiary/aromatic N) is 5. The number of hydrogen-bond acceptors (Lipinski definition) is 7. The number of aromatic nitrogens is 5. The van der Waals surface area contributed by atoms with Gasteiger partial charge in [-0.1, -0.05) is 35.5 Å². The van der Waals surface area contributed by atoms with Gasteiger partial charge in [0.1, 0.15) is 18.0 Å². The molecule has 0 fully saturated rings. The molecule has 0 radical (unpaired) electrons. The second-order valence-corrected chi connectivity index (χ2v) is 5.50. The molecule has 1 aliphatic rings. The molecule has 3 heterocycles. The van der Waals surface area contributed by atoms with Crippen LogP contribution in [0.3, 0.4) is 0 Å². The van der Waals surface area contributed by atoms with E-state index in [1.54, 1.807) is 17.1 Å². The van der Waals surface area contributed by atoms with Crippen molar-refractivity contribution < 1.29 is 4.74 Å². The van der Waals surface area contributed by atoms with Crippen molar-refractivity contribution in [2.45, 2.75) is 12.1 Å². The van der Waals surface area contributed by atoms with Gasteiger partial charge >= 0.3 is 0 Å². The van der Waals surface area contributed by atoms with E-state index in [4.69, 9.17) is 10.5 Å². The van der Waals surface area contributed by atoms with Crippen LogP contribution in [0.15, 0.2) is 42.7 Å². The maximum atomic E-state index is 6.16. The van der Waals surface area contributed by atoms with Crippen LogP contribution in [-0.2, 0) is 4.74 Å². The quantitative estimate of drug-likeness (QED) is 0.751. The fourth-order valence-corrected chi connectivity index (χ4v) is 3.03. The zero-order valence-corrected chi connectivity index (χ0v) is 13.1. The van der Waals surface area contributed by atoms with Gasteiger partial charge < -0.3 is 15.8 Å². The van der Waals surface area contributed by atoms with E-state index >= 15 is 0 Å². The lowest BCUT2D eigenvalue weighted by molar-refractivity contribution is 0.0425. The van der Waals surface area contributed by atoms with Gasteiger partial charge in [-0.3, -0.25) is 0 Å². The lowest BCUT2D eigenvalue weighted by atomic mass is 9.94. The first kappa shape index (κ1) is 14.6. The molecule has 3 aromatic rings. The first-order chi connectivity index (χ1) is 11.8. The van der Waals surface area contributed by atoms with Gasteiger partial charge in [0.2, 0.25) is 5.95 Å². The van der Waals surface area contributed by atoms with Crippen LogP contribution in [0.1, 0.15) is 29.0 Å². The molecule has 1 aromatic carbocycles. The lowest BCUT2D eigenvalue weighted by Crippen LogP contribution is -2.30. The number of nitrogens with one attached hydrogen (secondary N) is 1. The van der Waals surface area contributed by atoms with E-state index in [2.05, 4.69) is 25.6 Å². The van der Waals surface area contributed by atoms with Gasteiger partial charge in [0.15, 0.2) is 0 Å². The van der Waals surface area contributed by atoms with Crippen LogP contribution in [0.5, 0.6) is 0 Å². The van der Waals surface area contributed by atoms with Gasteiger partial charge in [-0.05, 0) is 5.56 Å². The summed E-state index contributed by atoms with van der Waals surface area (Å²) in [5, 5.41) is 11.1. The Bertz CT molecular complexity index is 835. The molecule has 0 saturated heterocycles. The molecular formula is C16H17N7O. The number of anilines is 2. The van der Waals surface area contributed by atoms with Gasteiger partial charge in [-0.2, -0.15) is 4.98 Å². The van der Waals surface area contributed by atoms with Crippen molar-refractivity contribution in [1.82, 2.24) is 25.0 Å². The Balaban J connectivity index is 1.90. The van der Waals surface area contributed by atoms with Crippen molar-refractivity contribution in [2.24, 2.45) is 0 Å². The maximum absolute atomic E-state index is 6.16. The predicted octanol–water partition coefficient (Wildman–Crippen LogP) is 1.40. The standard InChI is InChI=1S/C16H17N7O/c1-18-15-12-13(20-16(17)21-15)11(23-8-7-19-22-23)9-24-14(12)10-5-3-2-4-6-10/h2-8,11,14H,9H2,1H3,(H3,17,18,20,21). The van der Waals surface area contributed by atoms with Crippen molar-refractivity contribution in [3.05, 3.63) is 59.5 Å². The van der Waals surface area contributed by atoms with E-state index in [1.807, 2.05) is 37.4 Å². The highest BCUT2D eigenvalue weighted by atomic mass is 16.5. The molecule has 0 aliphatic carbocycles. The molecule has 0 spiro atoms. The van der Waals surface area contributed by atoms with Crippen LogP contribution in [0, 0.1) is 0 Å². The average molecular weight is 323 g/mol. The minimum Gasteiger partial charge on any atom is -0.373 e. The van der Waals surface area contributed by atoms with Crippen LogP contribution < -0.4 is 11.1 Å². The molecule has 0 amide bonds. The van der Waals surface area contributed by atoms with E-state index in [-0.39, 0.29) is 18.1 Å². The monoisotopic (exact) mass is 323 g/mol. The normalized spacial score (nSPS) is 19.7. The third kappa shape index (κ3) is 2.37. The Kier molecular flexibility index (Phi) is 3.58. The average Bonchev–Trinajstić information content (AvgIpc) is 3.15. The summed E-state index contributed by atoms with van der Waals surface area (Å²) >= 11 is 0. The molecule has 24 heavy (non-hydrogen) atoms. The summed E-state index contributed by atoms with van der Waals surface area (Å²) in [5.74, 6) is 0.882. The molecule has 2 aromatic heterocycles. The van der Waals surface area contributed by atoms with Crippen molar-refractivity contribution in [2.75, 3.05) is 24.7 Å². The number of hydrogen-bond donors (Lipinski definition) is 2. The molecular weight excluding hydrogens is 306 g/mol. The Morgan fingerprint density at radius 3 is 2.79 bits per heavy atom. The molecule has 4 rings (SSSR count). The highest BCUT2D eigenvalue weighted by Gasteiger charge is 2.35. The number of rotatable bonds is 3. The summed E-state index contributed by atoms with van der Waals surface area (Å²) in [4.78, 5) is 8.82. The fraction of sp³-hybridized carbons (Fsp3) is 0.250. The predicted molar refractivity (Wildman–Crippen MR) is 88.4 cm³/mol. The number of fused-ring (bicyclic) bond motifs is 1. The number of nitrogens with two attached hydrogens (primary N) is 1. The Labute approximate surface area is 138 Å². The number of ether oxygens (including phenoxy) is 1. The molecule has 2 atom stereocenters. The number of benzene rings is 1. The van der Waals surface area contributed by atoms with Gasteiger partial charge in [0.25, 0.3) is 0 Å². The molecule has 122 valence electrons. The van der Waals surface area contributed by atoms with E-state index in [0.717, 1.165) is 16.8 Å². The first-order valence-electron chi connectivity index (χ1n) is 7.65. The van der Waals surface area contributed by atoms with Crippen molar-refractivity contribution in [3.63, 3.8) is 0 Å². The minimum atomic E-state index is -0.260. The van der Waals surface area contributed by atoms with E-state index in [0.29, 0.717) is 12.4 Å². The van der Waals surface area contributed by atoms with E-state index in [1.165, 1.54) is 0 Å². The largest absolute Gasteiger partial charge is 0.373 e. The third-order valence-electron chi connectivity index (χ3n) is 4.09. The Hall–Kier alpha value is -3.00. The smallest absolute Gasteiger partial charge is 0.222 e. The summed E-state index contributed by atoms with van der Waals surface area (Å²) in [7, 11) is 1.81. The van der Waals surface area contributed by atoms with Crippen molar-refractivity contribution in [1.29, 1.82) is 0 Å². The van der Waals surface area contributed by atoms with Crippen LogP contribution in [0.4, 0.5) is 11.8 Å². The first-order valence-corrected chi connectivity index (χ1v) is 7.65. The lowest BCUT2D eigenvalue weighted by Gasteiger charge is -2.32. The summed E-state index contributed by atoms with van der Waals surface area (Å²) < 4.78 is 7.89. The summed E-state index contributed by atoms with van der Waals surface area (Å²) in [6, 6.07) is 9.81. The maximum Gasteiger partial charge on any atom is 0.222 e. The second kappa shape index (κ2) is 5.89. The van der Waals surface area contributed by atoms with Crippen molar-refractivity contribution in [3.8, 4) is 0 Å². The zero-order chi connectivity index (χ0) is 16.5. The summed E-state index contributed by atoms with van der Waals surface area (Å²) in [6.07, 6.45) is 3.16. The Morgan fingerprint density at radius 2 is 2.08 bits per heavy atom. The van der Waals surface area contributed by atoms with Gasteiger partial charge in [0, 0.05) is 13.2 Å². The van der Waals surface area contributed by atoms with E-state index in [9.17, 15) is 0 Å². The Morgan fingerprint density at radius 1 is 1.25 bits per heavy atom. The van der Waals surface area contributed by atoms with Gasteiger partial charge in [-0.15, -0.1) is 5.10 Å². The molecule has 2 unspecified atom stereocenters. The van der Waals surface area contributed by atoms with Gasteiger partial charge in [0.05, 0.1) is 24.1 Å². The summed E-state index contributed by atoms with van der Waals surface area (Å²) in [6.45, 7) is 0.426. The van der Waals surface area contributed by atoms with E-state index < -0.39 is 0 Å². The summed E-state index contributed by atoms with van der Waals surface area (Å²) in [5.41, 5.74) is 8.63. The van der Waals surface area contributed by atoms with Crippen LogP contribution >= 0.6 is 0 Å². The third-order valence-corrected chi connectivity index (χ3v) is 4.09. The molecule has 3 N–H and O–H groups in total.